The lowest BCUT2D eigenvalue weighted by atomic mass is 10.1. The van der Waals surface area contributed by atoms with Crippen LogP contribution in [-0.4, -0.2) is 35.1 Å². The fourth-order valence-corrected chi connectivity index (χ4v) is 2.80. The molecule has 2 N–H and O–H groups in total. The van der Waals surface area contributed by atoms with Crippen LogP contribution in [0.15, 0.2) is 54.6 Å². The maximum absolute atomic E-state index is 12.5. The Hall–Kier alpha value is -4.14. The number of phenolic OH excluding ortho intramolecular Hbond substituents is 1. The summed E-state index contributed by atoms with van der Waals surface area (Å²) in [7, 11) is 1.31. The van der Waals surface area contributed by atoms with Crippen LogP contribution >= 0.6 is 0 Å². The van der Waals surface area contributed by atoms with Gasteiger partial charge in [0.2, 0.25) is 0 Å². The first-order chi connectivity index (χ1) is 14.3. The average Bonchev–Trinajstić information content (AvgIpc) is 2.73. The summed E-state index contributed by atoms with van der Waals surface area (Å²) < 4.78 is 10.2. The number of phenols is 1. The van der Waals surface area contributed by atoms with Crippen LogP contribution in [0.3, 0.4) is 0 Å². The van der Waals surface area contributed by atoms with Crippen molar-refractivity contribution in [2.45, 2.75) is 13.0 Å². The van der Waals surface area contributed by atoms with Gasteiger partial charge in [0.05, 0.1) is 23.8 Å². The summed E-state index contributed by atoms with van der Waals surface area (Å²) in [5.41, 5.74) is -0.0816. The van der Waals surface area contributed by atoms with Gasteiger partial charge >= 0.3 is 5.97 Å². The molecule has 3 aromatic rings. The Kier molecular flexibility index (Phi) is 5.82. The number of nitrogens with zero attached hydrogens (tertiary/aromatic N) is 1. The third-order valence-electron chi connectivity index (χ3n) is 4.39. The topological polar surface area (TPSA) is 128 Å². The summed E-state index contributed by atoms with van der Waals surface area (Å²) in [5.74, 6) is -1.71. The van der Waals surface area contributed by atoms with E-state index in [1.807, 2.05) is 0 Å². The van der Waals surface area contributed by atoms with Crippen molar-refractivity contribution >= 4 is 34.0 Å². The van der Waals surface area contributed by atoms with Crippen molar-refractivity contribution in [3.05, 3.63) is 70.3 Å². The molecule has 0 bridgehead atoms. The Morgan fingerprint density at radius 2 is 1.77 bits per heavy atom. The lowest BCUT2D eigenvalue weighted by Gasteiger charge is -2.15. The number of carbonyl (C=O) groups excluding carboxylic acids is 2. The van der Waals surface area contributed by atoms with E-state index in [9.17, 15) is 24.8 Å². The first-order valence-corrected chi connectivity index (χ1v) is 8.86. The number of nitrogens with one attached hydrogen (secondary N) is 1. The van der Waals surface area contributed by atoms with Crippen molar-refractivity contribution in [2.24, 2.45) is 0 Å². The van der Waals surface area contributed by atoms with Gasteiger partial charge in [-0.15, -0.1) is 0 Å². The minimum Gasteiger partial charge on any atom is -0.507 e. The number of carbonyl (C=O) groups is 2. The number of benzene rings is 3. The first-order valence-electron chi connectivity index (χ1n) is 8.86. The molecule has 0 saturated heterocycles. The molecule has 3 aromatic carbocycles. The predicted molar refractivity (Wildman–Crippen MR) is 109 cm³/mol. The normalized spacial score (nSPS) is 11.5. The van der Waals surface area contributed by atoms with Gasteiger partial charge in [-0.05, 0) is 35.9 Å². The molecule has 0 aliphatic carbocycles. The van der Waals surface area contributed by atoms with Gasteiger partial charge in [0.15, 0.2) is 6.10 Å². The quantitative estimate of drug-likeness (QED) is 0.361. The largest absolute Gasteiger partial charge is 0.507 e. The molecule has 3 rings (SSSR count). The van der Waals surface area contributed by atoms with Crippen LogP contribution in [-0.2, 0) is 9.53 Å². The predicted octanol–water partition coefficient (Wildman–Crippen LogP) is 3.65. The number of amides is 1. The van der Waals surface area contributed by atoms with Crippen LogP contribution in [0.2, 0.25) is 0 Å². The van der Waals surface area contributed by atoms with Crippen LogP contribution in [0.25, 0.3) is 10.8 Å². The van der Waals surface area contributed by atoms with Crippen molar-refractivity contribution in [3.8, 4) is 11.5 Å². The maximum Gasteiger partial charge on any atom is 0.342 e. The molecule has 9 nitrogen and oxygen atoms in total. The molecule has 0 spiro atoms. The summed E-state index contributed by atoms with van der Waals surface area (Å²) in [6, 6.07) is 13.8. The molecule has 0 saturated carbocycles. The number of ether oxygens (including phenoxy) is 2. The number of hydrogen-bond acceptors (Lipinski definition) is 7. The Morgan fingerprint density at radius 3 is 2.40 bits per heavy atom. The lowest BCUT2D eigenvalue weighted by Crippen LogP contribution is -2.30. The van der Waals surface area contributed by atoms with Gasteiger partial charge in [0.25, 0.3) is 11.6 Å². The van der Waals surface area contributed by atoms with E-state index < -0.39 is 22.9 Å². The Labute approximate surface area is 171 Å². The van der Waals surface area contributed by atoms with Crippen LogP contribution in [0.4, 0.5) is 11.4 Å². The van der Waals surface area contributed by atoms with Gasteiger partial charge in [-0.1, -0.05) is 24.3 Å². The number of nitro groups is 1. The van der Waals surface area contributed by atoms with Crippen LogP contribution < -0.4 is 10.1 Å². The SMILES string of the molecule is COc1cc([N+](=O)[O-])ccc1NC(=O)[C@@H](C)OC(=O)c1cc2ccccc2cc1O. The molecule has 0 radical (unpaired) electrons. The van der Waals surface area contributed by atoms with Gasteiger partial charge in [0, 0.05) is 6.07 Å². The van der Waals surface area contributed by atoms with Crippen LogP contribution in [0.5, 0.6) is 11.5 Å². The summed E-state index contributed by atoms with van der Waals surface area (Å²) in [6.45, 7) is 1.36. The highest BCUT2D eigenvalue weighted by Crippen LogP contribution is 2.29. The minimum atomic E-state index is -1.21. The van der Waals surface area contributed by atoms with Crippen molar-refractivity contribution < 1.29 is 29.1 Å². The lowest BCUT2D eigenvalue weighted by molar-refractivity contribution is -0.384. The van der Waals surface area contributed by atoms with E-state index in [1.165, 1.54) is 44.4 Å². The first kappa shape index (κ1) is 20.6. The number of non-ortho nitro benzene ring substituents is 1. The zero-order valence-corrected chi connectivity index (χ0v) is 16.1. The number of methoxy groups -OCH3 is 1. The summed E-state index contributed by atoms with van der Waals surface area (Å²) in [5, 5.41) is 25.0. The van der Waals surface area contributed by atoms with E-state index in [0.717, 1.165) is 10.8 Å². The van der Waals surface area contributed by atoms with Gasteiger partial charge in [-0.2, -0.15) is 0 Å². The van der Waals surface area contributed by atoms with E-state index in [2.05, 4.69) is 5.32 Å². The molecule has 154 valence electrons. The Balaban J connectivity index is 1.74. The molecule has 0 aromatic heterocycles. The molecular formula is C21H18N2O7. The third kappa shape index (κ3) is 4.30. The van der Waals surface area contributed by atoms with Gasteiger partial charge < -0.3 is 19.9 Å². The van der Waals surface area contributed by atoms with E-state index in [-0.39, 0.29) is 28.4 Å². The number of hydrogen-bond donors (Lipinski definition) is 2. The van der Waals surface area contributed by atoms with E-state index in [0.29, 0.717) is 0 Å². The summed E-state index contributed by atoms with van der Waals surface area (Å²) >= 11 is 0. The van der Waals surface area contributed by atoms with Crippen LogP contribution in [0, 0.1) is 10.1 Å². The molecule has 0 aliphatic rings. The molecule has 1 amide bonds. The monoisotopic (exact) mass is 410 g/mol. The molecule has 0 heterocycles. The smallest absolute Gasteiger partial charge is 0.342 e. The molecule has 30 heavy (non-hydrogen) atoms. The van der Waals surface area contributed by atoms with Gasteiger partial charge in [0.1, 0.15) is 17.1 Å². The van der Waals surface area contributed by atoms with Crippen molar-refractivity contribution in [1.29, 1.82) is 0 Å². The van der Waals surface area contributed by atoms with Crippen molar-refractivity contribution in [1.82, 2.24) is 0 Å². The number of esters is 1. The molecule has 1 atom stereocenters. The minimum absolute atomic E-state index is 0.0683. The number of anilines is 1. The molecule has 0 aliphatic heterocycles. The number of aromatic hydroxyl groups is 1. The standard InChI is InChI=1S/C21H18N2O7/c1-12(20(25)22-17-8-7-15(23(27)28)11-19(17)29-2)30-21(26)16-9-13-5-3-4-6-14(13)10-18(16)24/h3-12,24H,1-2H3,(H,22,25)/t12-/m1/s1. The Bertz CT molecular complexity index is 1140. The van der Waals surface area contributed by atoms with E-state index in [1.54, 1.807) is 24.3 Å². The summed E-state index contributed by atoms with van der Waals surface area (Å²) in [6.07, 6.45) is -1.21. The molecule has 0 unspecified atom stereocenters. The fourth-order valence-electron chi connectivity index (χ4n) is 2.80. The average molecular weight is 410 g/mol. The second-order valence-electron chi connectivity index (χ2n) is 6.39. The van der Waals surface area contributed by atoms with Crippen molar-refractivity contribution in [2.75, 3.05) is 12.4 Å². The number of fused-ring (bicyclic) bond motifs is 1. The fraction of sp³-hybridized carbons (Fsp3) is 0.143. The number of nitro benzene ring substituents is 1. The molecule has 9 heteroatoms. The zero-order valence-electron chi connectivity index (χ0n) is 16.1. The second kappa shape index (κ2) is 8.48. The summed E-state index contributed by atoms with van der Waals surface area (Å²) in [4.78, 5) is 35.2. The van der Waals surface area contributed by atoms with Gasteiger partial charge in [-0.25, -0.2) is 4.79 Å². The van der Waals surface area contributed by atoms with Gasteiger partial charge in [-0.3, -0.25) is 14.9 Å². The molecule has 0 fully saturated rings. The third-order valence-corrected chi connectivity index (χ3v) is 4.39. The Morgan fingerprint density at radius 1 is 1.10 bits per heavy atom. The number of rotatable bonds is 6. The highest BCUT2D eigenvalue weighted by Gasteiger charge is 2.23. The second-order valence-corrected chi connectivity index (χ2v) is 6.39. The highest BCUT2D eigenvalue weighted by molar-refractivity contribution is 6.01. The highest BCUT2D eigenvalue weighted by atomic mass is 16.6. The van der Waals surface area contributed by atoms with E-state index >= 15 is 0 Å². The maximum atomic E-state index is 12.5. The van der Waals surface area contributed by atoms with Crippen molar-refractivity contribution in [3.63, 3.8) is 0 Å². The van der Waals surface area contributed by atoms with E-state index in [4.69, 9.17) is 9.47 Å². The zero-order chi connectivity index (χ0) is 21.8. The molecular weight excluding hydrogens is 392 g/mol. The van der Waals surface area contributed by atoms with Crippen LogP contribution in [0.1, 0.15) is 17.3 Å².